The maximum absolute atomic E-state index is 13.9. The van der Waals surface area contributed by atoms with Crippen LogP contribution in [-0.4, -0.2) is 49.2 Å². The molecule has 0 atom stereocenters. The van der Waals surface area contributed by atoms with Crippen LogP contribution in [0.15, 0.2) is 41.1 Å². The molecule has 0 radical (unpaired) electrons. The number of Topliss-reactive ketones (excluding diaryl/α,β-unsaturated/α-hetero) is 1. The third kappa shape index (κ3) is 4.88. The monoisotopic (exact) mass is 426 g/mol. The van der Waals surface area contributed by atoms with Crippen molar-refractivity contribution in [2.75, 3.05) is 33.4 Å². The molecule has 31 heavy (non-hydrogen) atoms. The smallest absolute Gasteiger partial charge is 0.170 e. The zero-order chi connectivity index (χ0) is 21.8. The molecule has 0 spiro atoms. The van der Waals surface area contributed by atoms with Gasteiger partial charge in [0, 0.05) is 23.6 Å². The highest BCUT2D eigenvalue weighted by molar-refractivity contribution is 5.94. The minimum Gasteiger partial charge on any atom is -0.493 e. The largest absolute Gasteiger partial charge is 0.493 e. The molecule has 7 heteroatoms. The third-order valence-electron chi connectivity index (χ3n) is 5.95. The van der Waals surface area contributed by atoms with Crippen LogP contribution in [0.5, 0.6) is 11.5 Å². The molecule has 0 amide bonds. The molecular weight excluding hydrogens is 399 g/mol. The van der Waals surface area contributed by atoms with Crippen LogP contribution in [0.25, 0.3) is 11.0 Å². The van der Waals surface area contributed by atoms with E-state index in [4.69, 9.17) is 14.0 Å². The number of piperidine rings is 1. The second-order valence-corrected chi connectivity index (χ2v) is 7.97. The van der Waals surface area contributed by atoms with Gasteiger partial charge in [-0.2, -0.15) is 0 Å². The lowest BCUT2D eigenvalue weighted by Gasteiger charge is -2.32. The SMILES string of the molecule is COc1cc(C(C)=O)ccc1OCCCN1CCC(c2cc(F)cc3oncc23)CC1. The molecule has 164 valence electrons. The Morgan fingerprint density at radius 1 is 1.23 bits per heavy atom. The summed E-state index contributed by atoms with van der Waals surface area (Å²) in [6, 6.07) is 8.26. The quantitative estimate of drug-likeness (QED) is 0.380. The van der Waals surface area contributed by atoms with Gasteiger partial charge in [-0.1, -0.05) is 5.16 Å². The number of methoxy groups -OCH3 is 1. The van der Waals surface area contributed by atoms with E-state index in [-0.39, 0.29) is 11.6 Å². The van der Waals surface area contributed by atoms with Crippen LogP contribution in [0.3, 0.4) is 0 Å². The van der Waals surface area contributed by atoms with Crippen LogP contribution in [0.1, 0.15) is 48.0 Å². The predicted molar refractivity (Wildman–Crippen MR) is 115 cm³/mol. The Morgan fingerprint density at radius 2 is 2.03 bits per heavy atom. The number of hydrogen-bond donors (Lipinski definition) is 0. The van der Waals surface area contributed by atoms with Gasteiger partial charge in [-0.3, -0.25) is 4.79 Å². The number of likely N-dealkylation sites (tertiary alicyclic amines) is 1. The van der Waals surface area contributed by atoms with E-state index >= 15 is 0 Å². The summed E-state index contributed by atoms with van der Waals surface area (Å²) in [6.45, 7) is 4.96. The van der Waals surface area contributed by atoms with Crippen LogP contribution in [0.4, 0.5) is 4.39 Å². The standard InChI is InChI=1S/C24H27FN2O4/c1-16(28)18-4-5-22(24(12-18)29-2)30-11-3-8-27-9-6-17(7-10-27)20-13-19(25)14-23-21(20)15-26-31-23/h4-5,12-15,17H,3,6-11H2,1-2H3. The Kier molecular flexibility index (Phi) is 6.51. The molecule has 6 nitrogen and oxygen atoms in total. The first-order valence-electron chi connectivity index (χ1n) is 10.6. The summed E-state index contributed by atoms with van der Waals surface area (Å²) in [5, 5.41) is 4.74. The normalized spacial score (nSPS) is 15.3. The van der Waals surface area contributed by atoms with Crippen LogP contribution in [0, 0.1) is 5.82 Å². The van der Waals surface area contributed by atoms with Crippen molar-refractivity contribution in [1.29, 1.82) is 0 Å². The number of aromatic nitrogens is 1. The van der Waals surface area contributed by atoms with E-state index in [1.165, 1.54) is 13.0 Å². The topological polar surface area (TPSA) is 64.8 Å². The number of benzene rings is 2. The maximum Gasteiger partial charge on any atom is 0.170 e. The fourth-order valence-corrected chi connectivity index (χ4v) is 4.24. The summed E-state index contributed by atoms with van der Waals surface area (Å²) in [6.07, 6.45) is 4.53. The van der Waals surface area contributed by atoms with Crippen molar-refractivity contribution in [2.45, 2.75) is 32.1 Å². The van der Waals surface area contributed by atoms with Crippen LogP contribution >= 0.6 is 0 Å². The molecule has 0 bridgehead atoms. The average Bonchev–Trinajstić information content (AvgIpc) is 3.25. The van der Waals surface area contributed by atoms with Crippen LogP contribution in [0.2, 0.25) is 0 Å². The van der Waals surface area contributed by atoms with Crippen molar-refractivity contribution >= 4 is 16.8 Å². The van der Waals surface area contributed by atoms with E-state index in [2.05, 4.69) is 10.1 Å². The van der Waals surface area contributed by atoms with Crippen molar-refractivity contribution in [3.63, 3.8) is 0 Å². The Labute approximate surface area is 180 Å². The number of nitrogens with zero attached hydrogens (tertiary/aromatic N) is 2. The first kappa shape index (κ1) is 21.3. The molecule has 1 aliphatic rings. The molecule has 1 saturated heterocycles. The van der Waals surface area contributed by atoms with E-state index in [1.807, 2.05) is 0 Å². The van der Waals surface area contributed by atoms with Gasteiger partial charge in [0.1, 0.15) is 5.82 Å². The Morgan fingerprint density at radius 3 is 2.77 bits per heavy atom. The number of ketones is 1. The molecule has 1 aromatic heterocycles. The lowest BCUT2D eigenvalue weighted by molar-refractivity contribution is 0.101. The number of halogens is 1. The van der Waals surface area contributed by atoms with E-state index in [1.54, 1.807) is 37.6 Å². The van der Waals surface area contributed by atoms with Gasteiger partial charge in [-0.25, -0.2) is 4.39 Å². The highest BCUT2D eigenvalue weighted by atomic mass is 19.1. The van der Waals surface area contributed by atoms with Gasteiger partial charge in [0.05, 0.1) is 19.9 Å². The van der Waals surface area contributed by atoms with Crippen LogP contribution in [-0.2, 0) is 0 Å². The minimum absolute atomic E-state index is 0.00346. The molecule has 2 heterocycles. The molecule has 3 aromatic rings. The molecule has 0 N–H and O–H groups in total. The second kappa shape index (κ2) is 9.47. The summed E-state index contributed by atoms with van der Waals surface area (Å²) in [7, 11) is 1.57. The Hall–Kier alpha value is -2.93. The van der Waals surface area contributed by atoms with Gasteiger partial charge in [-0.15, -0.1) is 0 Å². The van der Waals surface area contributed by atoms with Gasteiger partial charge in [0.15, 0.2) is 22.9 Å². The van der Waals surface area contributed by atoms with E-state index in [0.29, 0.717) is 35.2 Å². The van der Waals surface area contributed by atoms with Crippen molar-refractivity contribution in [2.24, 2.45) is 0 Å². The number of carbonyl (C=O) groups is 1. The number of ether oxygens (including phenoxy) is 2. The molecule has 0 aliphatic carbocycles. The highest BCUT2D eigenvalue weighted by Gasteiger charge is 2.23. The minimum atomic E-state index is -0.273. The summed E-state index contributed by atoms with van der Waals surface area (Å²) in [4.78, 5) is 13.9. The summed E-state index contributed by atoms with van der Waals surface area (Å²) >= 11 is 0. The zero-order valence-corrected chi connectivity index (χ0v) is 17.9. The lowest BCUT2D eigenvalue weighted by Crippen LogP contribution is -2.34. The summed E-state index contributed by atoms with van der Waals surface area (Å²) in [5.41, 5.74) is 2.12. The second-order valence-electron chi connectivity index (χ2n) is 7.97. The Balaban J connectivity index is 1.26. The van der Waals surface area contributed by atoms with Crippen molar-refractivity contribution in [3.8, 4) is 11.5 Å². The molecule has 0 unspecified atom stereocenters. The Bertz CT molecular complexity index is 1060. The van der Waals surface area contributed by atoms with Crippen molar-refractivity contribution in [3.05, 3.63) is 53.5 Å². The van der Waals surface area contributed by atoms with Gasteiger partial charge in [0.25, 0.3) is 0 Å². The predicted octanol–water partition coefficient (Wildman–Crippen LogP) is 4.83. The number of hydrogen-bond acceptors (Lipinski definition) is 6. The third-order valence-corrected chi connectivity index (χ3v) is 5.95. The molecule has 4 rings (SSSR count). The average molecular weight is 426 g/mol. The molecule has 2 aromatic carbocycles. The van der Waals surface area contributed by atoms with E-state index in [9.17, 15) is 9.18 Å². The first-order chi connectivity index (χ1) is 15.0. The number of fused-ring (bicyclic) bond motifs is 1. The summed E-state index contributed by atoms with van der Waals surface area (Å²) < 4.78 is 30.3. The molecule has 1 fully saturated rings. The van der Waals surface area contributed by atoms with Gasteiger partial charge in [-0.05, 0) is 75.0 Å². The fourth-order valence-electron chi connectivity index (χ4n) is 4.24. The molecule has 1 aliphatic heterocycles. The van der Waals surface area contributed by atoms with Crippen LogP contribution < -0.4 is 9.47 Å². The van der Waals surface area contributed by atoms with Gasteiger partial charge >= 0.3 is 0 Å². The first-order valence-corrected chi connectivity index (χ1v) is 10.6. The van der Waals surface area contributed by atoms with Gasteiger partial charge in [0.2, 0.25) is 0 Å². The van der Waals surface area contributed by atoms with Crippen molar-refractivity contribution < 1.29 is 23.2 Å². The van der Waals surface area contributed by atoms with E-state index in [0.717, 1.165) is 49.8 Å². The van der Waals surface area contributed by atoms with E-state index < -0.39 is 0 Å². The lowest BCUT2D eigenvalue weighted by atomic mass is 9.87. The molecular formula is C24H27FN2O4. The summed E-state index contributed by atoms with van der Waals surface area (Å²) in [5.74, 6) is 1.26. The fraction of sp³-hybridized carbons (Fsp3) is 0.417. The van der Waals surface area contributed by atoms with Crippen molar-refractivity contribution in [1.82, 2.24) is 10.1 Å². The highest BCUT2D eigenvalue weighted by Crippen LogP contribution is 2.34. The number of rotatable bonds is 8. The maximum atomic E-state index is 13.9. The number of carbonyl (C=O) groups excluding carboxylic acids is 1. The zero-order valence-electron chi connectivity index (χ0n) is 17.9. The molecule has 0 saturated carbocycles. The van der Waals surface area contributed by atoms with Gasteiger partial charge < -0.3 is 18.9 Å².